The number of nitrogens with zero attached hydrogens (tertiary/aromatic N) is 3. The summed E-state index contributed by atoms with van der Waals surface area (Å²) < 4.78 is 13.2. The van der Waals surface area contributed by atoms with E-state index in [0.29, 0.717) is 26.2 Å². The number of imidazole rings is 1. The summed E-state index contributed by atoms with van der Waals surface area (Å²) in [5.41, 5.74) is 3.10. The van der Waals surface area contributed by atoms with E-state index < -0.39 is 0 Å². The molecule has 3 rings (SSSR count). The molecule has 2 amide bonds. The Kier molecular flexibility index (Phi) is 8.71. The number of aromatic nitrogens is 3. The molecule has 2 aromatic heterocycles. The van der Waals surface area contributed by atoms with Crippen LogP contribution in [0.4, 0.5) is 15.0 Å². The largest absolute Gasteiger partial charge is 0.351 e. The highest BCUT2D eigenvalue weighted by molar-refractivity contribution is 7.98. The molecule has 3 N–H and O–H groups in total. The summed E-state index contributed by atoms with van der Waals surface area (Å²) >= 11 is 1.73. The van der Waals surface area contributed by atoms with Crippen LogP contribution in [0.5, 0.6) is 0 Å². The number of aromatic amines is 1. The predicted octanol–water partition coefficient (Wildman–Crippen LogP) is 3.49. The van der Waals surface area contributed by atoms with Crippen molar-refractivity contribution in [3.8, 4) is 0 Å². The second-order valence-electron chi connectivity index (χ2n) is 6.95. The number of carbonyl (C=O) groups is 1. The van der Waals surface area contributed by atoms with Crippen LogP contribution in [0.3, 0.4) is 0 Å². The van der Waals surface area contributed by atoms with E-state index in [1.54, 1.807) is 36.4 Å². The summed E-state index contributed by atoms with van der Waals surface area (Å²) in [5, 5.41) is 5.76. The van der Waals surface area contributed by atoms with Gasteiger partial charge in [0.2, 0.25) is 0 Å². The maximum Gasteiger partial charge on any atom is 0.314 e. The van der Waals surface area contributed by atoms with Crippen LogP contribution in [0.1, 0.15) is 17.0 Å². The molecular weight excluding hydrogens is 415 g/mol. The third kappa shape index (κ3) is 7.60. The van der Waals surface area contributed by atoms with Crippen molar-refractivity contribution in [3.63, 3.8) is 0 Å². The van der Waals surface area contributed by atoms with Gasteiger partial charge in [-0.3, -0.25) is 0 Å². The molecule has 0 atom stereocenters. The van der Waals surface area contributed by atoms with Crippen molar-refractivity contribution >= 4 is 23.6 Å². The highest BCUT2D eigenvalue weighted by atomic mass is 32.2. The van der Waals surface area contributed by atoms with Crippen LogP contribution in [0.2, 0.25) is 0 Å². The van der Waals surface area contributed by atoms with Gasteiger partial charge >= 0.3 is 6.03 Å². The van der Waals surface area contributed by atoms with Gasteiger partial charge in [-0.2, -0.15) is 11.8 Å². The molecule has 9 heteroatoms. The van der Waals surface area contributed by atoms with Crippen molar-refractivity contribution in [1.82, 2.24) is 25.6 Å². The van der Waals surface area contributed by atoms with Crippen molar-refractivity contribution in [2.24, 2.45) is 0 Å². The molecule has 2 heterocycles. The van der Waals surface area contributed by atoms with Gasteiger partial charge in [-0.05, 0) is 36.8 Å². The van der Waals surface area contributed by atoms with E-state index in [4.69, 9.17) is 0 Å². The lowest BCUT2D eigenvalue weighted by molar-refractivity contribution is 0.241. The Hall–Kier alpha value is -3.07. The van der Waals surface area contributed by atoms with Crippen LogP contribution >= 0.6 is 11.8 Å². The number of carbonyl (C=O) groups excluding carboxylic acids is 1. The lowest BCUT2D eigenvalue weighted by Crippen LogP contribution is -2.41. The van der Waals surface area contributed by atoms with E-state index in [-0.39, 0.29) is 11.8 Å². The molecule has 3 aromatic rings. The lowest BCUT2D eigenvalue weighted by Gasteiger charge is -2.24. The first-order valence-corrected chi connectivity index (χ1v) is 11.3. The second-order valence-corrected chi connectivity index (χ2v) is 8.05. The summed E-state index contributed by atoms with van der Waals surface area (Å²) in [6.45, 7) is 4.19. The third-order valence-corrected chi connectivity index (χ3v) is 5.60. The minimum absolute atomic E-state index is 0.195. The highest BCUT2D eigenvalue weighted by Gasteiger charge is 2.10. The van der Waals surface area contributed by atoms with E-state index in [2.05, 4.69) is 30.5 Å². The maximum absolute atomic E-state index is 13.2. The summed E-state index contributed by atoms with van der Waals surface area (Å²) in [7, 11) is 0. The van der Waals surface area contributed by atoms with Gasteiger partial charge in [0.15, 0.2) is 0 Å². The van der Waals surface area contributed by atoms with Crippen LogP contribution in [0, 0.1) is 12.7 Å². The van der Waals surface area contributed by atoms with Crippen LogP contribution < -0.4 is 15.5 Å². The number of H-pyrrole nitrogens is 1. The molecule has 0 radical (unpaired) electrons. The fourth-order valence-electron chi connectivity index (χ4n) is 2.93. The molecule has 0 saturated heterocycles. The molecule has 0 unspecified atom stereocenters. The zero-order valence-electron chi connectivity index (χ0n) is 17.5. The van der Waals surface area contributed by atoms with Crippen molar-refractivity contribution in [3.05, 3.63) is 77.8 Å². The molecule has 7 nitrogen and oxygen atoms in total. The van der Waals surface area contributed by atoms with Crippen molar-refractivity contribution < 1.29 is 9.18 Å². The molecular formula is C22H27FN6OS. The molecule has 164 valence electrons. The number of nitrogens with one attached hydrogen (secondary N) is 3. The van der Waals surface area contributed by atoms with Crippen LogP contribution in [0.25, 0.3) is 0 Å². The summed E-state index contributed by atoms with van der Waals surface area (Å²) in [6, 6.07) is 11.9. The maximum atomic E-state index is 13.2. The number of aryl methyl sites for hydroxylation is 1. The number of anilines is 1. The number of thioether (sulfide) groups is 1. The number of hydrogen-bond acceptors (Lipinski definition) is 5. The quantitative estimate of drug-likeness (QED) is 0.396. The first-order valence-electron chi connectivity index (χ1n) is 10.1. The number of halogens is 1. The van der Waals surface area contributed by atoms with E-state index in [1.165, 1.54) is 12.1 Å². The number of benzene rings is 1. The Labute approximate surface area is 185 Å². The van der Waals surface area contributed by atoms with Gasteiger partial charge in [0, 0.05) is 49.6 Å². The van der Waals surface area contributed by atoms with Crippen LogP contribution in [0.15, 0.2) is 55.0 Å². The Morgan fingerprint density at radius 3 is 2.65 bits per heavy atom. The fraction of sp³-hybridized carbons (Fsp3) is 0.318. The number of amides is 2. The Morgan fingerprint density at radius 2 is 1.94 bits per heavy atom. The van der Waals surface area contributed by atoms with Gasteiger partial charge in [-0.1, -0.05) is 18.2 Å². The average Bonchev–Trinajstić information content (AvgIpc) is 3.19. The number of rotatable bonds is 11. The van der Waals surface area contributed by atoms with Gasteiger partial charge in [-0.25, -0.2) is 19.2 Å². The first-order chi connectivity index (χ1) is 15.1. The number of hydrogen-bond donors (Lipinski definition) is 3. The molecule has 0 aliphatic rings. The topological polar surface area (TPSA) is 85.9 Å². The normalized spacial score (nSPS) is 10.6. The second kappa shape index (κ2) is 11.9. The van der Waals surface area contributed by atoms with E-state index in [9.17, 15) is 9.18 Å². The standard InChI is InChI=1S/C22H27FN6OS/c1-17-20(28-16-27-17)15-31-13-11-26-22(30)25-10-12-29(21-4-2-3-9-24-21)14-18-5-7-19(23)8-6-18/h2-9,16H,10-15H2,1H3,(H,27,28)(H2,25,26,30). The van der Waals surface area contributed by atoms with Gasteiger partial charge in [0.05, 0.1) is 12.0 Å². The molecule has 0 spiro atoms. The minimum atomic E-state index is -0.260. The number of pyridine rings is 1. The highest BCUT2D eigenvalue weighted by Crippen LogP contribution is 2.14. The van der Waals surface area contributed by atoms with Gasteiger partial charge in [0.1, 0.15) is 11.6 Å². The molecule has 0 aliphatic carbocycles. The summed E-state index contributed by atoms with van der Waals surface area (Å²) in [5.74, 6) is 2.18. The first kappa shape index (κ1) is 22.6. The monoisotopic (exact) mass is 442 g/mol. The van der Waals surface area contributed by atoms with Crippen LogP contribution in [-0.4, -0.2) is 46.4 Å². The fourth-order valence-corrected chi connectivity index (χ4v) is 3.81. The number of urea groups is 1. The van der Waals surface area contributed by atoms with Gasteiger partial charge < -0.3 is 20.5 Å². The molecule has 0 bridgehead atoms. The summed E-state index contributed by atoms with van der Waals surface area (Å²) in [4.78, 5) is 25.9. The Morgan fingerprint density at radius 1 is 1.13 bits per heavy atom. The molecule has 0 fully saturated rings. The zero-order chi connectivity index (χ0) is 21.9. The van der Waals surface area contributed by atoms with E-state index in [0.717, 1.165) is 34.3 Å². The molecule has 31 heavy (non-hydrogen) atoms. The Bertz CT molecular complexity index is 935. The molecule has 1 aromatic carbocycles. The average molecular weight is 443 g/mol. The van der Waals surface area contributed by atoms with Crippen LogP contribution in [-0.2, 0) is 12.3 Å². The van der Waals surface area contributed by atoms with Crippen molar-refractivity contribution in [2.75, 3.05) is 30.3 Å². The van der Waals surface area contributed by atoms with E-state index in [1.807, 2.05) is 25.1 Å². The molecule has 0 saturated carbocycles. The van der Waals surface area contributed by atoms with Crippen molar-refractivity contribution in [1.29, 1.82) is 0 Å². The minimum Gasteiger partial charge on any atom is -0.351 e. The SMILES string of the molecule is Cc1[nH]cnc1CSCCNC(=O)NCCN(Cc1ccc(F)cc1)c1ccccn1. The third-order valence-electron chi connectivity index (χ3n) is 4.63. The summed E-state index contributed by atoms with van der Waals surface area (Å²) in [6.07, 6.45) is 3.43. The Balaban J connectivity index is 1.39. The molecule has 0 aliphatic heterocycles. The lowest BCUT2D eigenvalue weighted by atomic mass is 10.2. The van der Waals surface area contributed by atoms with Gasteiger partial charge in [-0.15, -0.1) is 0 Å². The smallest absolute Gasteiger partial charge is 0.314 e. The predicted molar refractivity (Wildman–Crippen MR) is 123 cm³/mol. The van der Waals surface area contributed by atoms with E-state index >= 15 is 0 Å². The van der Waals surface area contributed by atoms with Gasteiger partial charge in [0.25, 0.3) is 0 Å². The van der Waals surface area contributed by atoms with Crippen molar-refractivity contribution in [2.45, 2.75) is 19.2 Å². The zero-order valence-corrected chi connectivity index (χ0v) is 18.3.